The number of fused-ring (bicyclic) bond motifs is 2. The first kappa shape index (κ1) is 15.4. The van der Waals surface area contributed by atoms with Gasteiger partial charge in [0, 0.05) is 29.0 Å². The first-order valence-corrected chi connectivity index (χ1v) is 8.12. The lowest BCUT2D eigenvalue weighted by Crippen LogP contribution is -2.24. The zero-order valence-corrected chi connectivity index (χ0v) is 13.3. The SMILES string of the molecule is O=C(O)[C@H]1CC=CC[C@@H]1c1c2ccc(=O)cc-2oc2cc(O)ccc12. The van der Waals surface area contributed by atoms with Crippen LogP contribution in [0.25, 0.3) is 22.3 Å². The van der Waals surface area contributed by atoms with Crippen molar-refractivity contribution in [3.8, 4) is 17.1 Å². The molecule has 5 nitrogen and oxygen atoms in total. The van der Waals surface area contributed by atoms with Gasteiger partial charge in [0.25, 0.3) is 0 Å². The van der Waals surface area contributed by atoms with Crippen LogP contribution in [-0.4, -0.2) is 16.2 Å². The lowest BCUT2D eigenvalue weighted by Gasteiger charge is -2.29. The fraction of sp³-hybridized carbons (Fsp3) is 0.200. The highest BCUT2D eigenvalue weighted by Crippen LogP contribution is 2.44. The minimum atomic E-state index is -0.837. The van der Waals surface area contributed by atoms with Gasteiger partial charge in [-0.25, -0.2) is 0 Å². The number of carboxylic acid groups (broad SMARTS) is 1. The van der Waals surface area contributed by atoms with Crippen molar-refractivity contribution in [3.63, 3.8) is 0 Å². The van der Waals surface area contributed by atoms with Gasteiger partial charge < -0.3 is 14.6 Å². The number of phenolic OH excluding ortho intramolecular Hbond substituents is 1. The Balaban J connectivity index is 2.07. The average Bonchev–Trinajstić information content (AvgIpc) is 2.59. The molecule has 0 bridgehead atoms. The molecule has 2 atom stereocenters. The van der Waals surface area contributed by atoms with Gasteiger partial charge in [-0.2, -0.15) is 0 Å². The normalized spacial score (nSPS) is 20.2. The van der Waals surface area contributed by atoms with Crippen LogP contribution >= 0.6 is 0 Å². The summed E-state index contributed by atoms with van der Waals surface area (Å²) in [7, 11) is 0. The van der Waals surface area contributed by atoms with Crippen LogP contribution in [0, 0.1) is 5.92 Å². The number of allylic oxidation sites excluding steroid dienone is 2. The molecule has 1 aromatic carbocycles. The quantitative estimate of drug-likeness (QED) is 0.550. The van der Waals surface area contributed by atoms with E-state index in [-0.39, 0.29) is 17.1 Å². The van der Waals surface area contributed by atoms with Gasteiger partial charge in [-0.15, -0.1) is 0 Å². The Hall–Kier alpha value is -3.08. The van der Waals surface area contributed by atoms with E-state index in [2.05, 4.69) is 0 Å². The smallest absolute Gasteiger partial charge is 0.307 e. The van der Waals surface area contributed by atoms with E-state index in [1.807, 2.05) is 12.2 Å². The highest BCUT2D eigenvalue weighted by Gasteiger charge is 2.33. The van der Waals surface area contributed by atoms with E-state index in [0.717, 1.165) is 16.5 Å². The average molecular weight is 336 g/mol. The van der Waals surface area contributed by atoms with Gasteiger partial charge in [0.2, 0.25) is 0 Å². The molecule has 0 radical (unpaired) electrons. The van der Waals surface area contributed by atoms with Crippen LogP contribution in [0.3, 0.4) is 0 Å². The van der Waals surface area contributed by atoms with Gasteiger partial charge in [0.05, 0.1) is 5.92 Å². The number of aromatic hydroxyl groups is 1. The predicted octanol–water partition coefficient (Wildman–Crippen LogP) is 3.74. The highest BCUT2D eigenvalue weighted by molar-refractivity contribution is 5.90. The summed E-state index contributed by atoms with van der Waals surface area (Å²) in [5, 5.41) is 20.2. The zero-order valence-electron chi connectivity index (χ0n) is 13.3. The number of aliphatic carboxylic acids is 1. The third-order valence-corrected chi connectivity index (χ3v) is 4.84. The van der Waals surface area contributed by atoms with Crippen LogP contribution in [0.2, 0.25) is 0 Å². The fourth-order valence-corrected chi connectivity index (χ4v) is 3.70. The monoisotopic (exact) mass is 336 g/mol. The van der Waals surface area contributed by atoms with Crippen LogP contribution in [0.5, 0.6) is 5.75 Å². The Morgan fingerprint density at radius 1 is 1.08 bits per heavy atom. The molecule has 1 aliphatic heterocycles. The largest absolute Gasteiger partial charge is 0.508 e. The summed E-state index contributed by atoms with van der Waals surface area (Å²) in [4.78, 5) is 23.5. The minimum absolute atomic E-state index is 0.0538. The second-order valence-corrected chi connectivity index (χ2v) is 6.35. The molecule has 0 unspecified atom stereocenters. The number of phenols is 1. The Kier molecular flexibility index (Phi) is 3.57. The molecule has 0 aromatic heterocycles. The Morgan fingerprint density at radius 3 is 2.68 bits per heavy atom. The third kappa shape index (κ3) is 2.58. The van der Waals surface area contributed by atoms with Crippen LogP contribution in [0.15, 0.2) is 57.8 Å². The van der Waals surface area contributed by atoms with E-state index in [0.29, 0.717) is 24.2 Å². The van der Waals surface area contributed by atoms with Crippen molar-refractivity contribution in [3.05, 3.63) is 64.3 Å². The van der Waals surface area contributed by atoms with Crippen LogP contribution in [0.4, 0.5) is 0 Å². The van der Waals surface area contributed by atoms with Crippen molar-refractivity contribution in [1.29, 1.82) is 0 Å². The molecule has 2 N–H and O–H groups in total. The van der Waals surface area contributed by atoms with Crippen molar-refractivity contribution < 1.29 is 19.4 Å². The molecular weight excluding hydrogens is 320 g/mol. The van der Waals surface area contributed by atoms with Gasteiger partial charge in [0.15, 0.2) is 5.43 Å². The summed E-state index contributed by atoms with van der Waals surface area (Å²) in [6.45, 7) is 0. The number of hydrogen-bond donors (Lipinski definition) is 2. The predicted molar refractivity (Wildman–Crippen MR) is 93.0 cm³/mol. The zero-order chi connectivity index (χ0) is 17.6. The summed E-state index contributed by atoms with van der Waals surface area (Å²) >= 11 is 0. The molecule has 0 saturated heterocycles. The van der Waals surface area contributed by atoms with Crippen molar-refractivity contribution in [2.75, 3.05) is 0 Å². The van der Waals surface area contributed by atoms with Gasteiger partial charge in [-0.1, -0.05) is 12.2 Å². The van der Waals surface area contributed by atoms with E-state index >= 15 is 0 Å². The third-order valence-electron chi connectivity index (χ3n) is 4.84. The number of benzene rings is 2. The van der Waals surface area contributed by atoms with E-state index in [1.54, 1.807) is 18.2 Å². The fourth-order valence-electron chi connectivity index (χ4n) is 3.70. The number of carbonyl (C=O) groups is 1. The Bertz CT molecular complexity index is 1030. The van der Waals surface area contributed by atoms with Gasteiger partial charge in [-0.05, 0) is 42.7 Å². The van der Waals surface area contributed by atoms with Crippen molar-refractivity contribution >= 4 is 16.9 Å². The van der Waals surface area contributed by atoms with Crippen LogP contribution in [0.1, 0.15) is 24.3 Å². The molecule has 1 aromatic rings. The molecule has 0 saturated carbocycles. The van der Waals surface area contributed by atoms with Crippen LogP contribution < -0.4 is 5.43 Å². The van der Waals surface area contributed by atoms with E-state index in [4.69, 9.17) is 4.42 Å². The lowest BCUT2D eigenvalue weighted by atomic mass is 9.75. The molecule has 2 aliphatic carbocycles. The molecule has 3 aliphatic rings. The Labute approximate surface area is 143 Å². The standard InChI is InChI=1S/C20H16O5/c21-11-5-7-15-17(9-11)25-18-10-12(22)6-8-16(18)19(15)13-3-1-2-4-14(13)20(23)24/h1-2,5-10,13-14,21H,3-4H2,(H,23,24)/t13-,14-/m0/s1. The summed E-state index contributed by atoms with van der Waals surface area (Å²) in [5.74, 6) is -1.15. The molecule has 0 amide bonds. The maximum atomic E-state index is 11.8. The Morgan fingerprint density at radius 2 is 1.88 bits per heavy atom. The number of rotatable bonds is 2. The van der Waals surface area contributed by atoms with Crippen molar-refractivity contribution in [2.24, 2.45) is 5.92 Å². The second kappa shape index (κ2) is 5.77. The summed E-state index contributed by atoms with van der Waals surface area (Å²) < 4.78 is 5.81. The maximum Gasteiger partial charge on any atom is 0.307 e. The number of carboxylic acids is 1. The maximum absolute atomic E-state index is 11.8. The molecule has 0 spiro atoms. The topological polar surface area (TPSA) is 87.7 Å². The van der Waals surface area contributed by atoms with Gasteiger partial charge >= 0.3 is 5.97 Å². The van der Waals surface area contributed by atoms with Gasteiger partial charge in [0.1, 0.15) is 17.1 Å². The van der Waals surface area contributed by atoms with E-state index in [1.165, 1.54) is 18.2 Å². The molecule has 25 heavy (non-hydrogen) atoms. The molecule has 0 fully saturated rings. The molecule has 5 heteroatoms. The van der Waals surface area contributed by atoms with E-state index < -0.39 is 11.9 Å². The summed E-state index contributed by atoms with van der Waals surface area (Å²) in [6, 6.07) is 9.35. The van der Waals surface area contributed by atoms with E-state index in [9.17, 15) is 19.8 Å². The molecule has 4 rings (SSSR count). The molecule has 126 valence electrons. The first-order valence-electron chi connectivity index (χ1n) is 8.12. The van der Waals surface area contributed by atoms with Crippen molar-refractivity contribution in [2.45, 2.75) is 18.8 Å². The lowest BCUT2D eigenvalue weighted by molar-refractivity contribution is -0.142. The van der Waals surface area contributed by atoms with Crippen LogP contribution in [-0.2, 0) is 4.79 Å². The van der Waals surface area contributed by atoms with Crippen molar-refractivity contribution in [1.82, 2.24) is 0 Å². The highest BCUT2D eigenvalue weighted by atomic mass is 16.4. The number of hydrogen-bond acceptors (Lipinski definition) is 4. The molecular formula is C20H16O5. The summed E-state index contributed by atoms with van der Waals surface area (Å²) in [6.07, 6.45) is 4.96. The minimum Gasteiger partial charge on any atom is -0.508 e. The molecule has 1 heterocycles. The second-order valence-electron chi connectivity index (χ2n) is 6.35. The summed E-state index contributed by atoms with van der Waals surface area (Å²) in [5.41, 5.74) is 1.85. The first-order chi connectivity index (χ1) is 12.0. The van der Waals surface area contributed by atoms with Gasteiger partial charge in [-0.3, -0.25) is 9.59 Å².